The van der Waals surface area contributed by atoms with Crippen molar-refractivity contribution in [3.05, 3.63) is 41.5 Å². The van der Waals surface area contributed by atoms with Crippen molar-refractivity contribution in [3.63, 3.8) is 0 Å². The molecule has 2 heterocycles. The quantitative estimate of drug-likeness (QED) is 0.824. The molecular weight excluding hydrogens is 332 g/mol. The lowest BCUT2D eigenvalue weighted by Gasteiger charge is -2.27. The van der Waals surface area contributed by atoms with Crippen LogP contribution in [-0.4, -0.2) is 40.7 Å². The van der Waals surface area contributed by atoms with Gasteiger partial charge in [-0.05, 0) is 50.3 Å². The summed E-state index contributed by atoms with van der Waals surface area (Å²) < 4.78 is 5.42. The summed E-state index contributed by atoms with van der Waals surface area (Å²) in [4.78, 5) is 26.0. The fourth-order valence-electron chi connectivity index (χ4n) is 3.79. The molecule has 0 aromatic heterocycles. The van der Waals surface area contributed by atoms with E-state index in [2.05, 4.69) is 5.32 Å². The molecule has 0 radical (unpaired) electrons. The van der Waals surface area contributed by atoms with Crippen molar-refractivity contribution < 1.29 is 19.4 Å². The van der Waals surface area contributed by atoms with E-state index in [-0.39, 0.29) is 12.5 Å². The van der Waals surface area contributed by atoms with Gasteiger partial charge >= 0.3 is 6.09 Å². The minimum Gasteiger partial charge on any atom is -0.444 e. The molecule has 2 aliphatic rings. The summed E-state index contributed by atoms with van der Waals surface area (Å²) in [6, 6.07) is 9.17. The molecule has 4 rings (SSSR count). The van der Waals surface area contributed by atoms with E-state index < -0.39 is 17.3 Å². The van der Waals surface area contributed by atoms with Crippen LogP contribution in [0.5, 0.6) is 0 Å². The molecule has 26 heavy (non-hydrogen) atoms. The SMILES string of the molecule is CC(C)(C)OC(=O)N1CCC(O)(c2ccc3c4c(cccc24)NC3=O)C1. The van der Waals surface area contributed by atoms with Crippen molar-refractivity contribution in [3.8, 4) is 0 Å². The molecule has 0 saturated carbocycles. The minimum absolute atomic E-state index is 0.128. The Hall–Kier alpha value is -2.60. The fourth-order valence-corrected chi connectivity index (χ4v) is 3.79. The summed E-state index contributed by atoms with van der Waals surface area (Å²) in [6.45, 7) is 6.05. The van der Waals surface area contributed by atoms with Crippen molar-refractivity contribution >= 4 is 28.5 Å². The number of anilines is 1. The molecule has 1 unspecified atom stereocenters. The van der Waals surface area contributed by atoms with Crippen molar-refractivity contribution in [1.82, 2.24) is 4.90 Å². The normalized spacial score (nSPS) is 22.0. The number of carbonyl (C=O) groups excluding carboxylic acids is 2. The zero-order valence-corrected chi connectivity index (χ0v) is 15.1. The van der Waals surface area contributed by atoms with E-state index in [0.29, 0.717) is 18.5 Å². The van der Waals surface area contributed by atoms with Crippen LogP contribution in [-0.2, 0) is 10.3 Å². The summed E-state index contributed by atoms with van der Waals surface area (Å²) in [7, 11) is 0. The molecule has 1 saturated heterocycles. The average Bonchev–Trinajstić information content (AvgIpc) is 3.10. The average molecular weight is 354 g/mol. The topological polar surface area (TPSA) is 78.9 Å². The summed E-state index contributed by atoms with van der Waals surface area (Å²) in [6.07, 6.45) is 0.00272. The highest BCUT2D eigenvalue weighted by atomic mass is 16.6. The number of carbonyl (C=O) groups is 2. The van der Waals surface area contributed by atoms with Gasteiger partial charge in [0.1, 0.15) is 11.2 Å². The summed E-state index contributed by atoms with van der Waals surface area (Å²) in [5.41, 5.74) is 0.367. The Kier molecular flexibility index (Phi) is 3.53. The first-order chi connectivity index (χ1) is 12.2. The van der Waals surface area contributed by atoms with Crippen molar-refractivity contribution in [2.24, 2.45) is 0 Å². The molecular formula is C20H22N2O4. The summed E-state index contributed by atoms with van der Waals surface area (Å²) in [5, 5.41) is 15.8. The number of amides is 2. The van der Waals surface area contributed by atoms with Gasteiger partial charge in [0.25, 0.3) is 5.91 Å². The number of β-amino-alcohol motifs (C(OH)–C–C–N with tert-alkyl or cyclic N) is 1. The van der Waals surface area contributed by atoms with E-state index in [4.69, 9.17) is 4.74 Å². The predicted molar refractivity (Wildman–Crippen MR) is 98.2 cm³/mol. The minimum atomic E-state index is -1.17. The molecule has 2 aromatic carbocycles. The lowest BCUT2D eigenvalue weighted by atomic mass is 9.87. The van der Waals surface area contributed by atoms with Gasteiger partial charge in [0.2, 0.25) is 0 Å². The highest BCUT2D eigenvalue weighted by molar-refractivity contribution is 6.24. The van der Waals surface area contributed by atoms with Gasteiger partial charge in [-0.15, -0.1) is 0 Å². The Bertz CT molecular complexity index is 931. The van der Waals surface area contributed by atoms with Gasteiger partial charge in [0.05, 0.1) is 6.54 Å². The molecule has 2 amide bonds. The first kappa shape index (κ1) is 16.8. The van der Waals surface area contributed by atoms with E-state index in [1.807, 2.05) is 39.0 Å². The molecule has 136 valence electrons. The van der Waals surface area contributed by atoms with Crippen molar-refractivity contribution in [1.29, 1.82) is 0 Å². The van der Waals surface area contributed by atoms with Crippen LogP contribution in [0.15, 0.2) is 30.3 Å². The van der Waals surface area contributed by atoms with E-state index in [9.17, 15) is 14.7 Å². The van der Waals surface area contributed by atoms with Gasteiger partial charge in [-0.25, -0.2) is 4.79 Å². The Morgan fingerprint density at radius 3 is 2.77 bits per heavy atom. The van der Waals surface area contributed by atoms with Crippen LogP contribution >= 0.6 is 0 Å². The Morgan fingerprint density at radius 2 is 2.04 bits per heavy atom. The number of ether oxygens (including phenoxy) is 1. The van der Waals surface area contributed by atoms with Crippen LogP contribution in [0.3, 0.4) is 0 Å². The second-order valence-electron chi connectivity index (χ2n) is 8.03. The van der Waals surface area contributed by atoms with Crippen LogP contribution in [0.1, 0.15) is 43.1 Å². The maximum atomic E-state index is 12.3. The summed E-state index contributed by atoms with van der Waals surface area (Å²) in [5.74, 6) is -0.128. The monoisotopic (exact) mass is 354 g/mol. The first-order valence-electron chi connectivity index (χ1n) is 8.76. The van der Waals surface area contributed by atoms with E-state index in [0.717, 1.165) is 22.0 Å². The number of hydrogen-bond donors (Lipinski definition) is 2. The van der Waals surface area contributed by atoms with Gasteiger partial charge in [-0.2, -0.15) is 0 Å². The Balaban J connectivity index is 1.70. The molecule has 6 nitrogen and oxygen atoms in total. The third-order valence-corrected chi connectivity index (χ3v) is 4.93. The fraction of sp³-hybridized carbons (Fsp3) is 0.400. The maximum Gasteiger partial charge on any atom is 0.410 e. The van der Waals surface area contributed by atoms with Gasteiger partial charge in [0, 0.05) is 23.2 Å². The molecule has 0 aliphatic carbocycles. The second kappa shape index (κ2) is 5.45. The smallest absolute Gasteiger partial charge is 0.410 e. The van der Waals surface area contributed by atoms with Crippen LogP contribution in [0.4, 0.5) is 10.5 Å². The molecule has 2 N–H and O–H groups in total. The largest absolute Gasteiger partial charge is 0.444 e. The lowest BCUT2D eigenvalue weighted by molar-refractivity contribution is 0.0144. The predicted octanol–water partition coefficient (Wildman–Crippen LogP) is 3.23. The van der Waals surface area contributed by atoms with Crippen LogP contribution in [0.2, 0.25) is 0 Å². The van der Waals surface area contributed by atoms with Gasteiger partial charge in [-0.3, -0.25) is 4.79 Å². The number of rotatable bonds is 1. The summed E-state index contributed by atoms with van der Waals surface area (Å²) >= 11 is 0. The zero-order valence-electron chi connectivity index (χ0n) is 15.1. The number of benzene rings is 2. The highest BCUT2D eigenvalue weighted by Gasteiger charge is 2.42. The van der Waals surface area contributed by atoms with Gasteiger partial charge in [0.15, 0.2) is 0 Å². The van der Waals surface area contributed by atoms with Crippen LogP contribution in [0, 0.1) is 0 Å². The second-order valence-corrected chi connectivity index (χ2v) is 8.03. The number of nitrogens with one attached hydrogen (secondary N) is 1. The number of nitrogens with zero attached hydrogens (tertiary/aromatic N) is 1. The standard InChI is InChI=1S/C20H22N2O4/c1-19(2,3)26-18(24)22-10-9-20(25,11-22)14-8-7-13-16-12(14)5-4-6-15(16)21-17(13)23/h4-8,25H,9-11H2,1-3H3,(H,21,23). The molecule has 2 aliphatic heterocycles. The maximum absolute atomic E-state index is 12.3. The molecule has 0 bridgehead atoms. The molecule has 1 atom stereocenters. The Labute approximate surface area is 151 Å². The first-order valence-corrected chi connectivity index (χ1v) is 8.76. The van der Waals surface area contributed by atoms with Crippen molar-refractivity contribution in [2.45, 2.75) is 38.4 Å². The van der Waals surface area contributed by atoms with E-state index in [1.165, 1.54) is 4.90 Å². The zero-order chi connectivity index (χ0) is 18.7. The third kappa shape index (κ3) is 2.61. The number of likely N-dealkylation sites (tertiary alicyclic amines) is 1. The Morgan fingerprint density at radius 1 is 1.27 bits per heavy atom. The number of aliphatic hydroxyl groups is 1. The lowest BCUT2D eigenvalue weighted by Crippen LogP contribution is -2.38. The molecule has 6 heteroatoms. The van der Waals surface area contributed by atoms with Crippen LogP contribution in [0.25, 0.3) is 10.8 Å². The van der Waals surface area contributed by atoms with Crippen LogP contribution < -0.4 is 5.32 Å². The molecule has 0 spiro atoms. The number of hydrogen-bond acceptors (Lipinski definition) is 4. The molecule has 2 aromatic rings. The highest BCUT2D eigenvalue weighted by Crippen LogP contribution is 2.41. The van der Waals surface area contributed by atoms with Gasteiger partial charge < -0.3 is 20.1 Å². The molecule has 1 fully saturated rings. The van der Waals surface area contributed by atoms with E-state index in [1.54, 1.807) is 12.1 Å². The van der Waals surface area contributed by atoms with Gasteiger partial charge in [-0.1, -0.05) is 18.2 Å². The van der Waals surface area contributed by atoms with Crippen molar-refractivity contribution in [2.75, 3.05) is 18.4 Å². The van der Waals surface area contributed by atoms with E-state index >= 15 is 0 Å². The third-order valence-electron chi connectivity index (χ3n) is 4.93.